The zero-order valence-electron chi connectivity index (χ0n) is 15.8. The summed E-state index contributed by atoms with van der Waals surface area (Å²) in [5.41, 5.74) is 3.75. The molecule has 1 saturated heterocycles. The molecule has 29 heavy (non-hydrogen) atoms. The third-order valence-corrected chi connectivity index (χ3v) is 5.37. The number of piperazine rings is 1. The molecule has 0 aromatic heterocycles. The van der Waals surface area contributed by atoms with E-state index in [0.29, 0.717) is 41.8 Å². The number of ether oxygens (including phenoxy) is 1. The topological polar surface area (TPSA) is 74.2 Å². The zero-order chi connectivity index (χ0) is 20.8. The van der Waals surface area contributed by atoms with E-state index in [1.165, 1.54) is 11.1 Å². The van der Waals surface area contributed by atoms with Crippen molar-refractivity contribution in [3.05, 3.63) is 58.1 Å². The molecule has 1 heterocycles. The smallest absolute Gasteiger partial charge is 0.329 e. The Labute approximate surface area is 178 Å². The highest BCUT2D eigenvalue weighted by atomic mass is 35.5. The van der Waals surface area contributed by atoms with Gasteiger partial charge in [0.1, 0.15) is 5.75 Å². The average molecular weight is 435 g/mol. The number of hydrazone groups is 1. The van der Waals surface area contributed by atoms with Gasteiger partial charge >= 0.3 is 11.8 Å². The normalized spacial score (nSPS) is 14.2. The van der Waals surface area contributed by atoms with Crippen LogP contribution in [0.3, 0.4) is 0 Å². The number of methoxy groups -OCH3 is 1. The fraction of sp³-hybridized carbons (Fsp3) is 0.250. The van der Waals surface area contributed by atoms with Crippen molar-refractivity contribution < 1.29 is 14.3 Å². The molecule has 9 heteroatoms. The van der Waals surface area contributed by atoms with Crippen LogP contribution in [-0.2, 0) is 9.59 Å². The minimum atomic E-state index is -0.801. The molecule has 0 bridgehead atoms. The lowest BCUT2D eigenvalue weighted by Crippen LogP contribution is -2.52. The number of benzene rings is 2. The molecular formula is C20H20Cl2N4O3. The molecule has 2 amide bonds. The maximum absolute atomic E-state index is 12.4. The standard InChI is InChI=1S/C20H20Cl2N4O3/c1-29-17-8-3-2-7-16(17)25-9-11-26(12-10-25)20(28)19(27)24-23-13-14-5-4-6-15(21)18(14)22/h2-8,13H,9-12H2,1H3,(H,24,27)/b23-13-. The second-order valence-electron chi connectivity index (χ2n) is 6.29. The first-order valence-electron chi connectivity index (χ1n) is 8.95. The van der Waals surface area contributed by atoms with E-state index in [1.54, 1.807) is 25.3 Å². The van der Waals surface area contributed by atoms with E-state index < -0.39 is 11.8 Å². The van der Waals surface area contributed by atoms with Crippen molar-refractivity contribution in [2.75, 3.05) is 38.2 Å². The molecule has 3 rings (SSSR count). The van der Waals surface area contributed by atoms with Gasteiger partial charge in [0, 0.05) is 31.7 Å². The van der Waals surface area contributed by atoms with Crippen LogP contribution in [-0.4, -0.2) is 56.2 Å². The Morgan fingerprint density at radius 3 is 2.52 bits per heavy atom. The van der Waals surface area contributed by atoms with Gasteiger partial charge in [0.15, 0.2) is 0 Å². The number of hydrogen-bond acceptors (Lipinski definition) is 5. The van der Waals surface area contributed by atoms with Gasteiger partial charge < -0.3 is 14.5 Å². The SMILES string of the molecule is COc1ccccc1N1CCN(C(=O)C(=O)N/N=C\c2cccc(Cl)c2Cl)CC1. The minimum Gasteiger partial charge on any atom is -0.495 e. The van der Waals surface area contributed by atoms with Gasteiger partial charge in [0.25, 0.3) is 0 Å². The van der Waals surface area contributed by atoms with E-state index in [1.807, 2.05) is 24.3 Å². The average Bonchev–Trinajstić information content (AvgIpc) is 2.76. The van der Waals surface area contributed by atoms with E-state index in [2.05, 4.69) is 15.4 Å². The van der Waals surface area contributed by atoms with Crippen molar-refractivity contribution in [3.8, 4) is 5.75 Å². The van der Waals surface area contributed by atoms with Crippen LogP contribution >= 0.6 is 23.2 Å². The van der Waals surface area contributed by atoms with Gasteiger partial charge in [-0.2, -0.15) is 5.10 Å². The van der Waals surface area contributed by atoms with Gasteiger partial charge in [-0.15, -0.1) is 0 Å². The lowest BCUT2D eigenvalue weighted by molar-refractivity contribution is -0.146. The Morgan fingerprint density at radius 1 is 1.07 bits per heavy atom. The number of carbonyl (C=O) groups excluding carboxylic acids is 2. The van der Waals surface area contributed by atoms with E-state index in [0.717, 1.165) is 11.4 Å². The molecule has 2 aromatic rings. The molecule has 0 radical (unpaired) electrons. The maximum Gasteiger partial charge on any atom is 0.329 e. The first-order valence-corrected chi connectivity index (χ1v) is 9.71. The van der Waals surface area contributed by atoms with Crippen LogP contribution in [0.15, 0.2) is 47.6 Å². The summed E-state index contributed by atoms with van der Waals surface area (Å²) in [6.45, 7) is 2.05. The number of amides is 2. The van der Waals surface area contributed by atoms with Gasteiger partial charge in [0.05, 0.1) is 29.1 Å². The van der Waals surface area contributed by atoms with Crippen molar-refractivity contribution in [1.29, 1.82) is 0 Å². The van der Waals surface area contributed by atoms with Gasteiger partial charge in [0.2, 0.25) is 0 Å². The van der Waals surface area contributed by atoms with E-state index in [-0.39, 0.29) is 0 Å². The summed E-state index contributed by atoms with van der Waals surface area (Å²) >= 11 is 12.0. The molecule has 1 aliphatic heterocycles. The Hall–Kier alpha value is -2.77. The first-order chi connectivity index (χ1) is 14.0. The van der Waals surface area contributed by atoms with Gasteiger partial charge in [-0.25, -0.2) is 5.43 Å². The second-order valence-corrected chi connectivity index (χ2v) is 7.08. The quantitative estimate of drug-likeness (QED) is 0.456. The Kier molecular flexibility index (Phi) is 6.95. The van der Waals surface area contributed by atoms with Gasteiger partial charge in [-0.1, -0.05) is 47.5 Å². The lowest BCUT2D eigenvalue weighted by atomic mass is 10.2. The summed E-state index contributed by atoms with van der Waals surface area (Å²) in [5, 5.41) is 4.51. The van der Waals surface area contributed by atoms with Crippen LogP contribution < -0.4 is 15.1 Å². The van der Waals surface area contributed by atoms with Crippen LogP contribution in [0.25, 0.3) is 0 Å². The largest absolute Gasteiger partial charge is 0.495 e. The summed E-state index contributed by atoms with van der Waals surface area (Å²) in [7, 11) is 1.63. The maximum atomic E-state index is 12.4. The summed E-state index contributed by atoms with van der Waals surface area (Å²) < 4.78 is 5.39. The van der Waals surface area contributed by atoms with Crippen molar-refractivity contribution in [2.45, 2.75) is 0 Å². The molecule has 2 aromatic carbocycles. The monoisotopic (exact) mass is 434 g/mol. The Morgan fingerprint density at radius 2 is 1.79 bits per heavy atom. The molecule has 1 N–H and O–H groups in total. The number of nitrogens with one attached hydrogen (secondary N) is 1. The number of rotatable bonds is 4. The highest BCUT2D eigenvalue weighted by molar-refractivity contribution is 6.43. The van der Waals surface area contributed by atoms with Crippen LogP contribution in [0.2, 0.25) is 10.0 Å². The molecule has 0 unspecified atom stereocenters. The molecule has 152 valence electrons. The summed E-state index contributed by atoms with van der Waals surface area (Å²) in [6.07, 6.45) is 1.35. The summed E-state index contributed by atoms with van der Waals surface area (Å²) in [6, 6.07) is 12.8. The molecule has 7 nitrogen and oxygen atoms in total. The van der Waals surface area contributed by atoms with Gasteiger partial charge in [-0.05, 0) is 18.2 Å². The minimum absolute atomic E-state index is 0.325. The lowest BCUT2D eigenvalue weighted by Gasteiger charge is -2.36. The molecule has 0 aliphatic carbocycles. The van der Waals surface area contributed by atoms with Crippen LogP contribution in [0.4, 0.5) is 5.69 Å². The number of nitrogens with zero attached hydrogens (tertiary/aromatic N) is 3. The third-order valence-electron chi connectivity index (χ3n) is 4.54. The second kappa shape index (κ2) is 9.62. The Balaban J connectivity index is 1.54. The van der Waals surface area contributed by atoms with Crippen LogP contribution in [0.5, 0.6) is 5.75 Å². The number of carbonyl (C=O) groups is 2. The number of anilines is 1. The molecular weight excluding hydrogens is 415 g/mol. The number of para-hydroxylation sites is 2. The van der Waals surface area contributed by atoms with Crippen molar-refractivity contribution in [1.82, 2.24) is 10.3 Å². The van der Waals surface area contributed by atoms with Crippen molar-refractivity contribution >= 4 is 46.9 Å². The predicted octanol–water partition coefficient (Wildman–Crippen LogP) is 2.80. The number of hydrogen-bond donors (Lipinski definition) is 1. The first kappa shape index (κ1) is 21.0. The molecule has 0 spiro atoms. The molecule has 1 fully saturated rings. The van der Waals surface area contributed by atoms with Crippen molar-refractivity contribution in [2.24, 2.45) is 5.10 Å². The van der Waals surface area contributed by atoms with E-state index in [4.69, 9.17) is 27.9 Å². The van der Waals surface area contributed by atoms with Gasteiger partial charge in [-0.3, -0.25) is 9.59 Å². The van der Waals surface area contributed by atoms with E-state index >= 15 is 0 Å². The fourth-order valence-electron chi connectivity index (χ4n) is 3.01. The highest BCUT2D eigenvalue weighted by Gasteiger charge is 2.26. The van der Waals surface area contributed by atoms with E-state index in [9.17, 15) is 9.59 Å². The zero-order valence-corrected chi connectivity index (χ0v) is 17.3. The molecule has 0 atom stereocenters. The number of halogens is 2. The third kappa shape index (κ3) is 4.99. The van der Waals surface area contributed by atoms with Crippen LogP contribution in [0, 0.1) is 0 Å². The highest BCUT2D eigenvalue weighted by Crippen LogP contribution is 2.28. The molecule has 1 aliphatic rings. The summed E-state index contributed by atoms with van der Waals surface area (Å²) in [4.78, 5) is 28.1. The van der Waals surface area contributed by atoms with Crippen LogP contribution in [0.1, 0.15) is 5.56 Å². The van der Waals surface area contributed by atoms with Crippen molar-refractivity contribution in [3.63, 3.8) is 0 Å². The fourth-order valence-corrected chi connectivity index (χ4v) is 3.37. The Bertz CT molecular complexity index is 928. The molecule has 0 saturated carbocycles. The summed E-state index contributed by atoms with van der Waals surface area (Å²) in [5.74, 6) is -0.650. The predicted molar refractivity (Wildman–Crippen MR) is 114 cm³/mol.